The summed E-state index contributed by atoms with van der Waals surface area (Å²) >= 11 is 5.86. The normalized spacial score (nSPS) is 16.1. The van der Waals surface area contributed by atoms with Gasteiger partial charge in [0, 0.05) is 41.5 Å². The standard InChI is InChI=1S/C23H26ClN3O3/c1-2-12-25-21(28)18-6-4-13-27(15-18)23(30)17-5-3-7-20(14-17)26-22(29)16-8-10-19(24)11-9-16/h3,5,7-11,14,18H,2,4,6,12-13,15H2,1H3,(H,25,28)(H,26,29)/t18-/m0/s1. The molecule has 1 fully saturated rings. The molecule has 0 unspecified atom stereocenters. The van der Waals surface area contributed by atoms with Gasteiger partial charge in [0.05, 0.1) is 5.92 Å². The molecule has 3 rings (SSSR count). The van der Waals surface area contributed by atoms with Gasteiger partial charge in [-0.15, -0.1) is 0 Å². The molecule has 0 aliphatic carbocycles. The molecule has 1 saturated heterocycles. The van der Waals surface area contributed by atoms with Crippen LogP contribution >= 0.6 is 11.6 Å². The van der Waals surface area contributed by atoms with E-state index in [0.29, 0.717) is 41.5 Å². The first-order valence-electron chi connectivity index (χ1n) is 10.2. The first-order chi connectivity index (χ1) is 14.5. The summed E-state index contributed by atoms with van der Waals surface area (Å²) in [6.07, 6.45) is 2.47. The third-order valence-electron chi connectivity index (χ3n) is 5.10. The van der Waals surface area contributed by atoms with Crippen molar-refractivity contribution in [3.05, 3.63) is 64.7 Å². The number of halogens is 1. The summed E-state index contributed by atoms with van der Waals surface area (Å²) in [5.74, 6) is -0.576. The number of likely N-dealkylation sites (tertiary alicyclic amines) is 1. The van der Waals surface area contributed by atoms with Crippen LogP contribution in [0.4, 0.5) is 5.69 Å². The van der Waals surface area contributed by atoms with E-state index < -0.39 is 0 Å². The fourth-order valence-corrected chi connectivity index (χ4v) is 3.61. The quantitative estimate of drug-likeness (QED) is 0.732. The van der Waals surface area contributed by atoms with Crippen molar-refractivity contribution >= 4 is 35.0 Å². The molecule has 0 aromatic heterocycles. The highest BCUT2D eigenvalue weighted by Crippen LogP contribution is 2.21. The summed E-state index contributed by atoms with van der Waals surface area (Å²) < 4.78 is 0. The number of carbonyl (C=O) groups excluding carboxylic acids is 3. The maximum atomic E-state index is 13.0. The topological polar surface area (TPSA) is 78.5 Å². The predicted octanol–water partition coefficient (Wildman–Crippen LogP) is 3.97. The van der Waals surface area contributed by atoms with Crippen molar-refractivity contribution < 1.29 is 14.4 Å². The lowest BCUT2D eigenvalue weighted by molar-refractivity contribution is -0.126. The number of hydrogen-bond acceptors (Lipinski definition) is 3. The summed E-state index contributed by atoms with van der Waals surface area (Å²) in [6, 6.07) is 13.5. The highest BCUT2D eigenvalue weighted by Gasteiger charge is 2.28. The van der Waals surface area contributed by atoms with E-state index in [0.717, 1.165) is 19.3 Å². The number of hydrogen-bond donors (Lipinski definition) is 2. The third kappa shape index (κ3) is 5.60. The van der Waals surface area contributed by atoms with Crippen LogP contribution in [0.3, 0.4) is 0 Å². The molecule has 2 N–H and O–H groups in total. The second kappa shape index (κ2) is 10.3. The summed E-state index contributed by atoms with van der Waals surface area (Å²) in [7, 11) is 0. The van der Waals surface area contributed by atoms with Crippen LogP contribution in [0.15, 0.2) is 48.5 Å². The lowest BCUT2D eigenvalue weighted by Crippen LogP contribution is -2.45. The van der Waals surface area contributed by atoms with E-state index in [1.165, 1.54) is 0 Å². The molecule has 158 valence electrons. The van der Waals surface area contributed by atoms with Gasteiger partial charge < -0.3 is 15.5 Å². The Morgan fingerprint density at radius 3 is 2.60 bits per heavy atom. The van der Waals surface area contributed by atoms with E-state index in [-0.39, 0.29) is 23.6 Å². The second-order valence-corrected chi connectivity index (χ2v) is 7.86. The highest BCUT2D eigenvalue weighted by atomic mass is 35.5. The molecule has 0 saturated carbocycles. The Morgan fingerprint density at radius 1 is 1.10 bits per heavy atom. The van der Waals surface area contributed by atoms with Crippen molar-refractivity contribution in [1.29, 1.82) is 0 Å². The molecular weight excluding hydrogens is 402 g/mol. The average molecular weight is 428 g/mol. The fourth-order valence-electron chi connectivity index (χ4n) is 3.49. The zero-order valence-electron chi connectivity index (χ0n) is 17.0. The number of nitrogens with one attached hydrogen (secondary N) is 2. The molecule has 30 heavy (non-hydrogen) atoms. The van der Waals surface area contributed by atoms with Crippen molar-refractivity contribution in [2.75, 3.05) is 25.0 Å². The van der Waals surface area contributed by atoms with E-state index in [4.69, 9.17) is 11.6 Å². The Hall–Kier alpha value is -2.86. The van der Waals surface area contributed by atoms with E-state index in [9.17, 15) is 14.4 Å². The molecule has 0 radical (unpaired) electrons. The molecular formula is C23H26ClN3O3. The average Bonchev–Trinajstić information content (AvgIpc) is 2.77. The van der Waals surface area contributed by atoms with Gasteiger partial charge >= 0.3 is 0 Å². The van der Waals surface area contributed by atoms with Gasteiger partial charge in [-0.2, -0.15) is 0 Å². The van der Waals surface area contributed by atoms with Gasteiger partial charge in [0.25, 0.3) is 11.8 Å². The number of amides is 3. The van der Waals surface area contributed by atoms with Crippen molar-refractivity contribution in [3.63, 3.8) is 0 Å². The zero-order chi connectivity index (χ0) is 21.5. The van der Waals surface area contributed by atoms with Crippen molar-refractivity contribution in [2.24, 2.45) is 5.92 Å². The molecule has 6 nitrogen and oxygen atoms in total. The monoisotopic (exact) mass is 427 g/mol. The minimum Gasteiger partial charge on any atom is -0.356 e. The Labute approximate surface area is 181 Å². The molecule has 1 heterocycles. The Balaban J connectivity index is 1.66. The van der Waals surface area contributed by atoms with Crippen LogP contribution in [0.5, 0.6) is 0 Å². The number of piperidine rings is 1. The van der Waals surface area contributed by atoms with Crippen LogP contribution in [-0.2, 0) is 4.79 Å². The summed E-state index contributed by atoms with van der Waals surface area (Å²) in [6.45, 7) is 3.70. The molecule has 0 bridgehead atoms. The highest BCUT2D eigenvalue weighted by molar-refractivity contribution is 6.30. The molecule has 2 aromatic rings. The predicted molar refractivity (Wildman–Crippen MR) is 118 cm³/mol. The van der Waals surface area contributed by atoms with E-state index in [1.807, 2.05) is 6.92 Å². The van der Waals surface area contributed by atoms with Crippen molar-refractivity contribution in [2.45, 2.75) is 26.2 Å². The lowest BCUT2D eigenvalue weighted by Gasteiger charge is -2.32. The minimum atomic E-state index is -0.276. The number of carbonyl (C=O) groups is 3. The number of rotatable bonds is 6. The SMILES string of the molecule is CCCNC(=O)[C@H]1CCCN(C(=O)c2cccc(NC(=O)c3ccc(Cl)cc3)c2)C1. The number of nitrogens with zero attached hydrogens (tertiary/aromatic N) is 1. The maximum Gasteiger partial charge on any atom is 0.255 e. The van der Waals surface area contributed by atoms with Crippen LogP contribution in [0.2, 0.25) is 5.02 Å². The largest absolute Gasteiger partial charge is 0.356 e. The van der Waals surface area contributed by atoms with Gasteiger partial charge in [0.2, 0.25) is 5.91 Å². The van der Waals surface area contributed by atoms with Crippen LogP contribution in [0.1, 0.15) is 46.9 Å². The van der Waals surface area contributed by atoms with E-state index in [2.05, 4.69) is 10.6 Å². The van der Waals surface area contributed by atoms with Gasteiger partial charge in [-0.3, -0.25) is 14.4 Å². The molecule has 1 atom stereocenters. The lowest BCUT2D eigenvalue weighted by atomic mass is 9.96. The van der Waals surface area contributed by atoms with Crippen LogP contribution < -0.4 is 10.6 Å². The molecule has 0 spiro atoms. The smallest absolute Gasteiger partial charge is 0.255 e. The van der Waals surface area contributed by atoms with Gasteiger partial charge in [-0.05, 0) is 61.7 Å². The molecule has 1 aliphatic rings. The first kappa shape index (κ1) is 21.8. The van der Waals surface area contributed by atoms with Gasteiger partial charge in [0.1, 0.15) is 0 Å². The van der Waals surface area contributed by atoms with Crippen LogP contribution in [0, 0.1) is 5.92 Å². The second-order valence-electron chi connectivity index (χ2n) is 7.42. The van der Waals surface area contributed by atoms with Gasteiger partial charge in [-0.1, -0.05) is 24.6 Å². The van der Waals surface area contributed by atoms with Crippen molar-refractivity contribution in [1.82, 2.24) is 10.2 Å². The number of benzene rings is 2. The zero-order valence-corrected chi connectivity index (χ0v) is 17.7. The third-order valence-corrected chi connectivity index (χ3v) is 5.35. The fraction of sp³-hybridized carbons (Fsp3) is 0.348. The first-order valence-corrected chi connectivity index (χ1v) is 10.6. The Kier molecular flexibility index (Phi) is 7.46. The van der Waals surface area contributed by atoms with Crippen molar-refractivity contribution in [3.8, 4) is 0 Å². The molecule has 7 heteroatoms. The molecule has 1 aliphatic heterocycles. The summed E-state index contributed by atoms with van der Waals surface area (Å²) in [5.41, 5.74) is 1.50. The van der Waals surface area contributed by atoms with Gasteiger partial charge in [0.15, 0.2) is 0 Å². The summed E-state index contributed by atoms with van der Waals surface area (Å²) in [5, 5.41) is 6.29. The summed E-state index contributed by atoms with van der Waals surface area (Å²) in [4.78, 5) is 39.4. The Morgan fingerprint density at radius 2 is 1.87 bits per heavy atom. The van der Waals surface area contributed by atoms with Crippen LogP contribution in [-0.4, -0.2) is 42.3 Å². The van der Waals surface area contributed by atoms with E-state index in [1.54, 1.807) is 53.4 Å². The van der Waals surface area contributed by atoms with Crippen LogP contribution in [0.25, 0.3) is 0 Å². The Bertz CT molecular complexity index is 914. The maximum absolute atomic E-state index is 13.0. The minimum absolute atomic E-state index is 0.0123. The molecule has 2 aromatic carbocycles. The van der Waals surface area contributed by atoms with E-state index >= 15 is 0 Å². The molecule has 3 amide bonds. The van der Waals surface area contributed by atoms with Gasteiger partial charge in [-0.25, -0.2) is 0 Å². The number of anilines is 1.